The van der Waals surface area contributed by atoms with Gasteiger partial charge in [-0.05, 0) is 188 Å². The molecule has 0 saturated carbocycles. The van der Waals surface area contributed by atoms with Gasteiger partial charge in [0.2, 0.25) is 28.4 Å². The summed E-state index contributed by atoms with van der Waals surface area (Å²) in [5, 5.41) is 27.4. The number of aliphatic hydroxyl groups excluding tert-OH is 2. The number of sulfonamides is 1. The quantitative estimate of drug-likeness (QED) is 0.0169. The number of ketones is 4. The van der Waals surface area contributed by atoms with Gasteiger partial charge in [0.25, 0.3) is 0 Å². The van der Waals surface area contributed by atoms with E-state index in [0.717, 1.165) is 133 Å². The van der Waals surface area contributed by atoms with Gasteiger partial charge in [0.1, 0.15) is 43.6 Å². The van der Waals surface area contributed by atoms with Crippen molar-refractivity contribution in [3.05, 3.63) is 24.1 Å². The lowest BCUT2D eigenvalue weighted by molar-refractivity contribution is -0.132. The second kappa shape index (κ2) is 122. The van der Waals surface area contributed by atoms with Crippen molar-refractivity contribution in [2.45, 2.75) is 386 Å². The molecular formula is C107H232N8O16S3. The molecule has 0 heterocycles. The van der Waals surface area contributed by atoms with Gasteiger partial charge in [-0.25, -0.2) is 41.3 Å². The highest BCUT2D eigenvalue weighted by Crippen LogP contribution is 2.09. The predicted molar refractivity (Wildman–Crippen MR) is 588 cm³/mol. The first-order valence-corrected chi connectivity index (χ1v) is 56.0. The number of allylic oxidation sites excluding steroid dienone is 1. The number of ether oxygens (including phenoxy) is 1. The Balaban J connectivity index is -0.0000000725. The molecule has 0 aromatic heterocycles. The lowest BCUT2D eigenvalue weighted by Gasteiger charge is -2.11. The first-order chi connectivity index (χ1) is 61.1. The van der Waals surface area contributed by atoms with E-state index in [1.165, 1.54) is 38.2 Å². The number of sulfone groups is 2. The number of nitrogens with one attached hydrogen (secondary N) is 5. The van der Waals surface area contributed by atoms with Crippen molar-refractivity contribution in [1.29, 1.82) is 0 Å². The summed E-state index contributed by atoms with van der Waals surface area (Å²) in [6.45, 7) is 95.3. The van der Waals surface area contributed by atoms with E-state index in [9.17, 15) is 58.8 Å². The molecule has 0 aliphatic heterocycles. The van der Waals surface area contributed by atoms with Crippen LogP contribution in [-0.2, 0) is 63.2 Å². The number of terminal acetylenes is 1. The van der Waals surface area contributed by atoms with E-state index in [1.807, 2.05) is 94.4 Å². The van der Waals surface area contributed by atoms with Gasteiger partial charge in [-0.3, -0.25) is 24.0 Å². The molecule has 0 atom stereocenters. The van der Waals surface area contributed by atoms with Crippen molar-refractivity contribution in [3.63, 3.8) is 0 Å². The van der Waals surface area contributed by atoms with Crippen molar-refractivity contribution >= 4 is 70.7 Å². The molecule has 814 valence electrons. The molecular weight excluding hydrogens is 1750 g/mol. The van der Waals surface area contributed by atoms with Gasteiger partial charge in [-0.1, -0.05) is 275 Å². The van der Waals surface area contributed by atoms with Crippen LogP contribution in [0.5, 0.6) is 0 Å². The van der Waals surface area contributed by atoms with Crippen LogP contribution in [0.25, 0.3) is 4.85 Å². The topological polar surface area (TPSA) is 343 Å². The second-order valence-corrected chi connectivity index (χ2v) is 47.3. The van der Waals surface area contributed by atoms with Crippen molar-refractivity contribution in [3.8, 4) is 12.3 Å². The number of methoxy groups -OCH3 is 1. The van der Waals surface area contributed by atoms with Crippen molar-refractivity contribution < 1.29 is 73.8 Å². The molecule has 0 unspecified atom stereocenters. The van der Waals surface area contributed by atoms with E-state index in [1.54, 1.807) is 67.8 Å². The summed E-state index contributed by atoms with van der Waals surface area (Å²) < 4.78 is 71.2. The fourth-order valence-corrected chi connectivity index (χ4v) is 9.97. The van der Waals surface area contributed by atoms with Crippen LogP contribution in [0.4, 0.5) is 4.79 Å². The molecule has 0 aromatic rings. The average molecular weight is 1980 g/mol. The molecule has 0 rings (SSSR count). The van der Waals surface area contributed by atoms with Crippen LogP contribution in [0.1, 0.15) is 386 Å². The molecule has 0 fully saturated rings. The van der Waals surface area contributed by atoms with Crippen LogP contribution in [0.2, 0.25) is 0 Å². The molecule has 0 saturated heterocycles. The Labute approximate surface area is 836 Å². The largest absolute Gasteiger partial charge is 0.396 e. The molecule has 0 spiro atoms. The van der Waals surface area contributed by atoms with Gasteiger partial charge in [-0.15, -0.1) is 18.9 Å². The van der Waals surface area contributed by atoms with E-state index in [0.29, 0.717) is 121 Å². The normalized spacial score (nSPS) is 10.4. The summed E-state index contributed by atoms with van der Waals surface area (Å²) >= 11 is 0. The van der Waals surface area contributed by atoms with Crippen LogP contribution in [0.3, 0.4) is 0 Å². The van der Waals surface area contributed by atoms with Gasteiger partial charge < -0.3 is 55.7 Å². The maximum Gasteiger partial charge on any atom is 0.314 e. The van der Waals surface area contributed by atoms with Crippen LogP contribution in [0.15, 0.2) is 12.7 Å². The Morgan fingerprint density at radius 1 is 0.478 bits per heavy atom. The molecule has 0 radical (unpaired) electrons. The van der Waals surface area contributed by atoms with Crippen molar-refractivity contribution in [2.24, 2.45) is 101 Å². The number of hydrogen-bond donors (Lipinski definition) is 7. The summed E-state index contributed by atoms with van der Waals surface area (Å²) in [4.78, 5) is 80.6. The molecule has 0 aliphatic rings. The summed E-state index contributed by atoms with van der Waals surface area (Å²) in [6.07, 6.45) is 27.4. The minimum atomic E-state index is -2.97. The van der Waals surface area contributed by atoms with Crippen LogP contribution < -0.4 is 26.0 Å². The Kier molecular flexibility index (Phi) is 154. The number of amides is 4. The second-order valence-electron chi connectivity index (χ2n) is 40.8. The third-order valence-corrected chi connectivity index (χ3v) is 20.1. The van der Waals surface area contributed by atoms with E-state index in [2.05, 4.69) is 216 Å². The lowest BCUT2D eigenvalue weighted by atomic mass is 10.1. The van der Waals surface area contributed by atoms with Crippen LogP contribution in [0, 0.1) is 120 Å². The Bertz CT molecular complexity index is 2900. The third-order valence-electron chi connectivity index (χ3n) is 16.7. The summed E-state index contributed by atoms with van der Waals surface area (Å²) in [5.41, 5.74) is 0. The smallest absolute Gasteiger partial charge is 0.314 e. The van der Waals surface area contributed by atoms with E-state index in [-0.39, 0.29) is 53.7 Å². The molecule has 27 heteroatoms. The molecule has 134 heavy (non-hydrogen) atoms. The molecule has 4 amide bonds. The van der Waals surface area contributed by atoms with Gasteiger partial charge in [0, 0.05) is 130 Å². The van der Waals surface area contributed by atoms with Crippen LogP contribution in [-0.4, -0.2) is 224 Å². The standard InChI is InChI=1S/C8H16O.C7H16N2O.2C7H15NO.C7H16O2S.C7H14O.C6H15NO2S.C6H13NO.C6H15N.C6H11N.C6H14O2S.C6H14O.C6H14.C6H12.C6H10.C5H10O2.C5H12O/c1-4-8(9)6-5-7(2)3;1-6(2)4-5-9-7(10)8-3;1-6(2)7(9)5-8(3)4;1-6(2)4-5-8-7(3)9;1-4-10(8,9)6-5-7(2)3;1-6(2)4-5-7(3)8;1-6(2)4-5-7-10(3,8)9;1-5(2)6(8)7(3)4;2*1-6(2)4-5-7-3;1-6(2)4-5-9(3,7)8;1-6(2)4-5-7-3;3*1-4-5-6(2)3;1-4(2)5(7)3-6;1-5(2)3-4-6/h7H,4-6H2,1-3H3;6H,4-5H2,1-3H3,(H2,8,9,10);6H,5H2,1-4H3;6H,4-5H2,1-3H3,(H,8,9);7H,4-6H2,1-3H3;6H,4-5H2,1-3H3;6-7H,4-5H2,1-3H3;5H,1-4H3;6-7H,4-5H2,1-3H3;6H,4-5H2,1-2H3;6H,4-5H2,1-3H3;6H,4-5H2,1-3H3;6H,4-5H2,1-3H3;4,6H,1,5H2,2-3H3;1,6H,5H2,2-3H3;4,6H,3H2,1-2H3;5-6H,3-4H2,1-2H3. The molecule has 24 nitrogen and oxygen atoms in total. The molecule has 0 aliphatic carbocycles. The summed E-state index contributed by atoms with van der Waals surface area (Å²) in [7, 11) is 4.28. The van der Waals surface area contributed by atoms with Crippen molar-refractivity contribution in [1.82, 2.24) is 35.8 Å². The minimum absolute atomic E-state index is 0.0231. The third kappa shape index (κ3) is 255. The Hall–Kier alpha value is -4.71. The van der Waals surface area contributed by atoms with E-state index >= 15 is 0 Å². The highest BCUT2D eigenvalue weighted by atomic mass is 32.2. The van der Waals surface area contributed by atoms with E-state index in [4.69, 9.17) is 27.9 Å². The van der Waals surface area contributed by atoms with Gasteiger partial charge in [0.05, 0.1) is 24.3 Å². The number of nitrogens with zero attached hydrogens (tertiary/aromatic N) is 3. The monoisotopic (exact) mass is 1980 g/mol. The number of urea groups is 1. The number of rotatable bonds is 45. The van der Waals surface area contributed by atoms with Crippen molar-refractivity contribution in [2.75, 3.05) is 138 Å². The van der Waals surface area contributed by atoms with Gasteiger partial charge in [0.15, 0.2) is 5.78 Å². The minimum Gasteiger partial charge on any atom is -0.396 e. The zero-order valence-electron chi connectivity index (χ0n) is 97.1. The summed E-state index contributed by atoms with van der Waals surface area (Å²) in [6, 6.07) is -0.0966. The zero-order valence-corrected chi connectivity index (χ0v) is 99.5. The molecule has 0 bridgehead atoms. The number of likely N-dealkylation sites (N-methyl/N-ethyl adjacent to an activating group) is 1. The lowest BCUT2D eigenvalue weighted by Crippen LogP contribution is -2.33. The first kappa shape index (κ1) is 169. The van der Waals surface area contributed by atoms with E-state index < -0.39 is 29.7 Å². The fraction of sp³-hybridized carbons (Fsp3) is 0.888. The van der Waals surface area contributed by atoms with Gasteiger partial charge >= 0.3 is 6.03 Å². The Morgan fingerprint density at radius 3 is 1.01 bits per heavy atom. The number of Topliss-reactive ketones (excluding diaryl/α,β-unsaturated/α-hetero) is 4. The highest BCUT2D eigenvalue weighted by molar-refractivity contribution is 7.91. The molecule has 0 aromatic carbocycles. The van der Waals surface area contributed by atoms with Crippen LogP contribution >= 0.6 is 0 Å². The predicted octanol–water partition coefficient (Wildman–Crippen LogP) is 23.6. The number of carbonyl (C=O) groups is 7. The van der Waals surface area contributed by atoms with Gasteiger partial charge in [-0.2, -0.15) is 0 Å². The maximum absolute atomic E-state index is 10.9. The highest BCUT2D eigenvalue weighted by Gasteiger charge is 2.11. The first-order valence-electron chi connectivity index (χ1n) is 50.2. The molecule has 7 N–H and O–H groups in total. The average Bonchev–Trinajstić information content (AvgIpc) is 0.970. The number of hydrogen-bond acceptors (Lipinski definition) is 18. The maximum atomic E-state index is 10.9. The number of aliphatic hydroxyl groups is 2. The Morgan fingerprint density at radius 2 is 0.851 bits per heavy atom. The summed E-state index contributed by atoms with van der Waals surface area (Å²) in [5.74, 6) is 14.4. The number of carbonyl (C=O) groups excluding carboxylic acids is 7. The SMILES string of the molecule is C#CCC(C)C.C=CCC(C)C.CC(=O)CCC(C)C.CC(=O)NCCC(C)C.CC(C)C(=O)CN(C)C.CC(C)C(=O)CO.CC(C)C(=O)N(C)C.CC(C)CCNS(C)(=O)=O.CC(C)CCO.CC(C)CCS(C)(=O)=O.CCC(=O)CCC(C)C.CCCC(C)C.CCS(=O)(=O)CCC(C)C.CNC(=O)NCCC(C)C.CNCCC(C)C.COCCC(C)C.[C-]#[N+]CCC(C)C. The fourth-order valence-electron chi connectivity index (χ4n) is 7.47. The zero-order chi connectivity index (χ0) is 110.